The fourth-order valence-corrected chi connectivity index (χ4v) is 3.26. The number of imidazole rings is 1. The first-order valence-corrected chi connectivity index (χ1v) is 8.84. The number of carbonyl (C=O) groups excluding carboxylic acids is 1. The monoisotopic (exact) mass is 347 g/mol. The van der Waals surface area contributed by atoms with Gasteiger partial charge in [-0.3, -0.25) is 14.3 Å². The van der Waals surface area contributed by atoms with Gasteiger partial charge in [0, 0.05) is 50.3 Å². The summed E-state index contributed by atoms with van der Waals surface area (Å²) >= 11 is 0. The quantitative estimate of drug-likeness (QED) is 0.783. The van der Waals surface area contributed by atoms with E-state index in [0.717, 1.165) is 48.9 Å². The highest BCUT2D eigenvalue weighted by molar-refractivity contribution is 5.79. The number of hydrogen-bond donors (Lipinski definition) is 1. The van der Waals surface area contributed by atoms with Gasteiger partial charge in [-0.25, -0.2) is 4.98 Å². The van der Waals surface area contributed by atoms with Crippen molar-refractivity contribution < 1.29 is 4.79 Å². The number of amides is 1. The van der Waals surface area contributed by atoms with Gasteiger partial charge in [-0.05, 0) is 12.1 Å². The van der Waals surface area contributed by atoms with Crippen LogP contribution in [-0.2, 0) is 11.2 Å². The predicted molar refractivity (Wildman–Crippen MR) is 99.9 cm³/mol. The van der Waals surface area contributed by atoms with E-state index < -0.39 is 0 Å². The smallest absolute Gasteiger partial charge is 0.228 e. The van der Waals surface area contributed by atoms with Crippen molar-refractivity contribution in [2.75, 3.05) is 26.2 Å². The van der Waals surface area contributed by atoms with Crippen molar-refractivity contribution in [1.29, 1.82) is 0 Å². The summed E-state index contributed by atoms with van der Waals surface area (Å²) in [6.07, 6.45) is 5.66. The van der Waals surface area contributed by atoms with Gasteiger partial charge in [-0.1, -0.05) is 30.3 Å². The number of pyridine rings is 1. The van der Waals surface area contributed by atoms with Crippen LogP contribution in [0.2, 0.25) is 0 Å². The molecule has 0 radical (unpaired) electrons. The van der Waals surface area contributed by atoms with Gasteiger partial charge in [0.15, 0.2) is 0 Å². The average Bonchev–Trinajstić information content (AvgIpc) is 3.13. The third-order valence-corrected chi connectivity index (χ3v) is 4.59. The van der Waals surface area contributed by atoms with E-state index in [2.05, 4.69) is 19.9 Å². The maximum atomic E-state index is 12.7. The molecule has 1 amide bonds. The molecule has 132 valence electrons. The van der Waals surface area contributed by atoms with Gasteiger partial charge in [0.05, 0.1) is 17.8 Å². The van der Waals surface area contributed by atoms with Gasteiger partial charge in [0.1, 0.15) is 5.82 Å². The minimum absolute atomic E-state index is 0.140. The van der Waals surface area contributed by atoms with Crippen molar-refractivity contribution in [3.05, 3.63) is 66.7 Å². The van der Waals surface area contributed by atoms with Crippen LogP contribution in [0.15, 0.2) is 61.1 Å². The molecule has 1 aromatic carbocycles. The molecule has 0 saturated carbocycles. The van der Waals surface area contributed by atoms with Crippen molar-refractivity contribution in [3.63, 3.8) is 0 Å². The van der Waals surface area contributed by atoms with Crippen LogP contribution in [-0.4, -0.2) is 51.5 Å². The number of nitrogens with zero attached hydrogens (tertiary/aromatic N) is 4. The summed E-state index contributed by atoms with van der Waals surface area (Å²) in [4.78, 5) is 23.4. The Morgan fingerprint density at radius 2 is 1.77 bits per heavy atom. The van der Waals surface area contributed by atoms with Crippen molar-refractivity contribution >= 4 is 5.91 Å². The van der Waals surface area contributed by atoms with Crippen LogP contribution >= 0.6 is 0 Å². The number of nitrogens with one attached hydrogen (secondary N) is 1. The summed E-state index contributed by atoms with van der Waals surface area (Å²) in [6, 6.07) is 13.9. The first-order chi connectivity index (χ1) is 12.8. The van der Waals surface area contributed by atoms with Crippen LogP contribution in [0.3, 0.4) is 0 Å². The lowest BCUT2D eigenvalue weighted by Gasteiger charge is -2.27. The second-order valence-corrected chi connectivity index (χ2v) is 6.29. The van der Waals surface area contributed by atoms with E-state index in [-0.39, 0.29) is 5.91 Å². The van der Waals surface area contributed by atoms with Crippen LogP contribution in [0, 0.1) is 0 Å². The molecule has 1 aliphatic rings. The van der Waals surface area contributed by atoms with E-state index in [9.17, 15) is 4.79 Å². The minimum Gasteiger partial charge on any atom is -0.340 e. The first-order valence-electron chi connectivity index (χ1n) is 8.84. The summed E-state index contributed by atoms with van der Waals surface area (Å²) in [5, 5.41) is 3.28. The lowest BCUT2D eigenvalue weighted by atomic mass is 10.2. The molecule has 4 rings (SSSR count). The average molecular weight is 347 g/mol. The molecule has 2 aromatic heterocycles. The Hall–Kier alpha value is -2.99. The summed E-state index contributed by atoms with van der Waals surface area (Å²) in [5.41, 5.74) is 2.86. The van der Waals surface area contributed by atoms with Crippen LogP contribution in [0.1, 0.15) is 5.69 Å². The summed E-state index contributed by atoms with van der Waals surface area (Å²) < 4.78 is 2.05. The van der Waals surface area contributed by atoms with Gasteiger partial charge in [-0.15, -0.1) is 0 Å². The summed E-state index contributed by atoms with van der Waals surface area (Å²) in [5.74, 6) is 0.973. The Balaban J connectivity index is 1.70. The van der Waals surface area contributed by atoms with E-state index in [0.29, 0.717) is 6.42 Å². The molecule has 0 spiro atoms. The lowest BCUT2D eigenvalue weighted by Crippen LogP contribution is -2.47. The Morgan fingerprint density at radius 1 is 1.04 bits per heavy atom. The van der Waals surface area contributed by atoms with Gasteiger partial charge in [-0.2, -0.15) is 0 Å². The largest absolute Gasteiger partial charge is 0.340 e. The van der Waals surface area contributed by atoms with E-state index in [4.69, 9.17) is 0 Å². The standard InChI is InChI=1S/C20H21N5O/c26-19(24-12-10-22-11-13-24)14-18-15-23-20(16-4-2-1-3-5-16)25(18)17-6-8-21-9-7-17/h1-9,15,22H,10-14H2. The third-order valence-electron chi connectivity index (χ3n) is 4.59. The molecule has 26 heavy (non-hydrogen) atoms. The molecule has 3 heterocycles. The fourth-order valence-electron chi connectivity index (χ4n) is 3.26. The van der Waals surface area contributed by atoms with E-state index >= 15 is 0 Å². The molecular weight excluding hydrogens is 326 g/mol. The molecule has 3 aromatic rings. The maximum Gasteiger partial charge on any atom is 0.228 e. The predicted octanol–water partition coefficient (Wildman–Crippen LogP) is 1.91. The Bertz CT molecular complexity index is 870. The van der Waals surface area contributed by atoms with Gasteiger partial charge < -0.3 is 10.2 Å². The summed E-state index contributed by atoms with van der Waals surface area (Å²) in [6.45, 7) is 3.22. The maximum absolute atomic E-state index is 12.7. The topological polar surface area (TPSA) is 63.1 Å². The molecule has 0 aliphatic carbocycles. The van der Waals surface area contributed by atoms with Gasteiger partial charge in [0.25, 0.3) is 0 Å². The highest BCUT2D eigenvalue weighted by Gasteiger charge is 2.20. The first kappa shape index (κ1) is 16.5. The fraction of sp³-hybridized carbons (Fsp3) is 0.250. The Labute approximate surface area is 152 Å². The molecule has 0 atom stereocenters. The molecule has 0 unspecified atom stereocenters. The van der Waals surface area contributed by atoms with Crippen LogP contribution < -0.4 is 5.32 Å². The molecule has 1 aliphatic heterocycles. The number of hydrogen-bond acceptors (Lipinski definition) is 4. The highest BCUT2D eigenvalue weighted by atomic mass is 16.2. The minimum atomic E-state index is 0.140. The zero-order valence-corrected chi connectivity index (χ0v) is 14.5. The van der Waals surface area contributed by atoms with Crippen molar-refractivity contribution in [1.82, 2.24) is 24.8 Å². The molecule has 1 saturated heterocycles. The Kier molecular flexibility index (Phi) is 4.75. The molecule has 1 N–H and O–H groups in total. The third kappa shape index (κ3) is 3.36. The summed E-state index contributed by atoms with van der Waals surface area (Å²) in [7, 11) is 0. The second-order valence-electron chi connectivity index (χ2n) is 6.29. The number of aromatic nitrogens is 3. The number of piperazine rings is 1. The lowest BCUT2D eigenvalue weighted by molar-refractivity contribution is -0.131. The molecule has 1 fully saturated rings. The molecule has 6 nitrogen and oxygen atoms in total. The molecular formula is C20H21N5O. The van der Waals surface area contributed by atoms with E-state index in [1.807, 2.05) is 53.6 Å². The van der Waals surface area contributed by atoms with Crippen LogP contribution in [0.25, 0.3) is 17.1 Å². The van der Waals surface area contributed by atoms with Crippen molar-refractivity contribution in [2.45, 2.75) is 6.42 Å². The number of rotatable bonds is 4. The zero-order chi connectivity index (χ0) is 17.8. The number of carbonyl (C=O) groups is 1. The Morgan fingerprint density at radius 3 is 2.50 bits per heavy atom. The molecule has 0 bridgehead atoms. The zero-order valence-electron chi connectivity index (χ0n) is 14.5. The van der Waals surface area contributed by atoms with Gasteiger partial charge in [0.2, 0.25) is 5.91 Å². The van der Waals surface area contributed by atoms with E-state index in [1.54, 1.807) is 12.4 Å². The van der Waals surface area contributed by atoms with Crippen LogP contribution in [0.5, 0.6) is 0 Å². The SMILES string of the molecule is O=C(Cc1cnc(-c2ccccc2)n1-c1ccncc1)N1CCNCC1. The van der Waals surface area contributed by atoms with Crippen molar-refractivity contribution in [3.8, 4) is 17.1 Å². The molecule has 6 heteroatoms. The second kappa shape index (κ2) is 7.49. The van der Waals surface area contributed by atoms with Gasteiger partial charge >= 0.3 is 0 Å². The highest BCUT2D eigenvalue weighted by Crippen LogP contribution is 2.24. The normalized spacial score (nSPS) is 14.4. The van der Waals surface area contributed by atoms with E-state index in [1.165, 1.54) is 0 Å². The number of benzene rings is 1. The van der Waals surface area contributed by atoms with Crippen molar-refractivity contribution in [2.24, 2.45) is 0 Å². The van der Waals surface area contributed by atoms with Crippen LogP contribution in [0.4, 0.5) is 0 Å².